The fraction of sp³-hybridized carbons (Fsp3) is 0.312. The van der Waals surface area contributed by atoms with Crippen LogP contribution in [0, 0.1) is 6.92 Å². The number of aromatic nitrogens is 2. The van der Waals surface area contributed by atoms with Crippen molar-refractivity contribution in [3.8, 4) is 5.75 Å². The highest BCUT2D eigenvalue weighted by atomic mass is 32.2. The second kappa shape index (κ2) is 6.91. The summed E-state index contributed by atoms with van der Waals surface area (Å²) >= 11 is 1.35. The number of hydrogen-bond acceptors (Lipinski definition) is 5. The molecule has 9 heteroatoms. The lowest BCUT2D eigenvalue weighted by Gasteiger charge is -2.24. The lowest BCUT2D eigenvalue weighted by atomic mass is 10.2. The largest absolute Gasteiger partial charge is 0.573 e. The molecular formula is C16H14F3N3O2S. The summed E-state index contributed by atoms with van der Waals surface area (Å²) in [6.07, 6.45) is -1.56. The number of carbonyl (C=O) groups excluding carboxylic acids is 1. The first-order chi connectivity index (χ1) is 11.8. The second-order valence-electron chi connectivity index (χ2n) is 5.45. The van der Waals surface area contributed by atoms with Gasteiger partial charge >= 0.3 is 6.36 Å². The van der Waals surface area contributed by atoms with Gasteiger partial charge in [-0.3, -0.25) is 14.8 Å². The highest BCUT2D eigenvalue weighted by molar-refractivity contribution is 8.00. The number of benzene rings is 1. The van der Waals surface area contributed by atoms with Gasteiger partial charge in [0.05, 0.1) is 29.9 Å². The summed E-state index contributed by atoms with van der Waals surface area (Å²) in [5.74, 6) is -0.145. The van der Waals surface area contributed by atoms with Crippen LogP contribution in [0.5, 0.6) is 5.75 Å². The van der Waals surface area contributed by atoms with Crippen molar-refractivity contribution in [1.82, 2.24) is 14.9 Å². The third kappa shape index (κ3) is 4.41. The summed E-state index contributed by atoms with van der Waals surface area (Å²) in [7, 11) is 0. The quantitative estimate of drug-likeness (QED) is 0.826. The van der Waals surface area contributed by atoms with Gasteiger partial charge < -0.3 is 9.64 Å². The number of nitrogens with zero attached hydrogens (tertiary/aromatic N) is 3. The van der Waals surface area contributed by atoms with Crippen LogP contribution in [0.2, 0.25) is 0 Å². The van der Waals surface area contributed by atoms with Crippen LogP contribution in [0.25, 0.3) is 0 Å². The molecular weight excluding hydrogens is 355 g/mol. The molecule has 5 nitrogen and oxygen atoms in total. The van der Waals surface area contributed by atoms with E-state index in [1.165, 1.54) is 30.0 Å². The van der Waals surface area contributed by atoms with Crippen molar-refractivity contribution in [2.24, 2.45) is 0 Å². The maximum atomic E-state index is 12.4. The zero-order valence-electron chi connectivity index (χ0n) is 13.2. The van der Waals surface area contributed by atoms with Crippen LogP contribution in [-0.4, -0.2) is 32.9 Å². The number of ether oxygens (including phenoxy) is 1. The minimum atomic E-state index is -4.76. The number of hydrogen-bond donors (Lipinski definition) is 0. The Kier molecular flexibility index (Phi) is 4.85. The molecule has 1 unspecified atom stereocenters. The fourth-order valence-electron chi connectivity index (χ4n) is 2.44. The van der Waals surface area contributed by atoms with Crippen LogP contribution < -0.4 is 4.74 Å². The number of rotatable bonds is 4. The maximum Gasteiger partial charge on any atom is 0.573 e. The van der Waals surface area contributed by atoms with Gasteiger partial charge in [0, 0.05) is 6.20 Å². The van der Waals surface area contributed by atoms with E-state index in [4.69, 9.17) is 0 Å². The number of alkyl halides is 3. The Balaban J connectivity index is 1.81. The lowest BCUT2D eigenvalue weighted by Crippen LogP contribution is -2.28. The molecule has 1 aliphatic heterocycles. The van der Waals surface area contributed by atoms with Gasteiger partial charge in [-0.25, -0.2) is 0 Å². The zero-order chi connectivity index (χ0) is 18.0. The fourth-order valence-corrected chi connectivity index (χ4v) is 3.62. The highest BCUT2D eigenvalue weighted by Crippen LogP contribution is 2.40. The predicted octanol–water partition coefficient (Wildman–Crippen LogP) is 3.46. The molecule has 1 aromatic carbocycles. The van der Waals surface area contributed by atoms with Crippen molar-refractivity contribution in [1.29, 1.82) is 0 Å². The Hall–Kier alpha value is -2.29. The maximum absolute atomic E-state index is 12.4. The molecule has 0 spiro atoms. The smallest absolute Gasteiger partial charge is 0.406 e. The van der Waals surface area contributed by atoms with E-state index < -0.39 is 11.7 Å². The molecule has 0 saturated carbocycles. The summed E-state index contributed by atoms with van der Waals surface area (Å²) in [5.41, 5.74) is 1.95. The molecule has 1 fully saturated rings. The summed E-state index contributed by atoms with van der Waals surface area (Å²) in [4.78, 5) is 22.1. The van der Waals surface area contributed by atoms with Crippen LogP contribution in [0.15, 0.2) is 36.7 Å². The molecule has 1 saturated heterocycles. The van der Waals surface area contributed by atoms with E-state index in [1.807, 2.05) is 6.92 Å². The Morgan fingerprint density at radius 2 is 2.12 bits per heavy atom. The van der Waals surface area contributed by atoms with Gasteiger partial charge in [-0.2, -0.15) is 0 Å². The van der Waals surface area contributed by atoms with Crippen LogP contribution in [0.4, 0.5) is 13.2 Å². The summed E-state index contributed by atoms with van der Waals surface area (Å²) in [5, 5.41) is -0.396. The van der Waals surface area contributed by atoms with E-state index in [0.29, 0.717) is 11.3 Å². The first-order valence-electron chi connectivity index (χ1n) is 7.36. The summed E-state index contributed by atoms with van der Waals surface area (Å²) in [6.45, 7) is 2.05. The zero-order valence-corrected chi connectivity index (χ0v) is 14.0. The van der Waals surface area contributed by atoms with E-state index >= 15 is 0 Å². The summed E-state index contributed by atoms with van der Waals surface area (Å²) < 4.78 is 41.2. The molecule has 25 heavy (non-hydrogen) atoms. The molecule has 1 atom stereocenters. The minimum Gasteiger partial charge on any atom is -0.406 e. The van der Waals surface area contributed by atoms with E-state index in [1.54, 1.807) is 23.4 Å². The van der Waals surface area contributed by atoms with Gasteiger partial charge in [-0.15, -0.1) is 24.9 Å². The van der Waals surface area contributed by atoms with Crippen LogP contribution >= 0.6 is 11.8 Å². The highest BCUT2D eigenvalue weighted by Gasteiger charge is 2.35. The number of halogens is 3. The van der Waals surface area contributed by atoms with Gasteiger partial charge in [0.25, 0.3) is 0 Å². The van der Waals surface area contributed by atoms with Gasteiger partial charge in [0.1, 0.15) is 11.1 Å². The molecule has 1 aliphatic rings. The van der Waals surface area contributed by atoms with Gasteiger partial charge in [0.2, 0.25) is 5.91 Å². The van der Waals surface area contributed by atoms with Gasteiger partial charge in [-0.1, -0.05) is 12.1 Å². The SMILES string of the molecule is Cc1cnc(CN2C(=O)CSC2c2cccc(OC(F)(F)F)c2)cn1. The topological polar surface area (TPSA) is 55.3 Å². The van der Waals surface area contributed by atoms with Crippen molar-refractivity contribution in [3.63, 3.8) is 0 Å². The number of amides is 1. The van der Waals surface area contributed by atoms with Gasteiger partial charge in [-0.05, 0) is 24.6 Å². The Bertz CT molecular complexity index is 768. The molecule has 1 aromatic heterocycles. The average Bonchev–Trinajstić information content (AvgIpc) is 2.89. The first-order valence-corrected chi connectivity index (χ1v) is 8.41. The first kappa shape index (κ1) is 17.5. The monoisotopic (exact) mass is 369 g/mol. The van der Waals surface area contributed by atoms with E-state index in [0.717, 1.165) is 5.69 Å². The van der Waals surface area contributed by atoms with E-state index in [-0.39, 0.29) is 24.0 Å². The standard InChI is InChI=1S/C16H14F3N3O2S/c1-10-6-21-12(7-20-10)8-22-14(23)9-25-15(22)11-3-2-4-13(5-11)24-16(17,18)19/h2-7,15H,8-9H2,1H3. The normalized spacial score (nSPS) is 17.8. The third-order valence-corrected chi connectivity index (χ3v) is 4.77. The number of aryl methyl sites for hydroxylation is 1. The van der Waals surface area contributed by atoms with E-state index in [9.17, 15) is 18.0 Å². The van der Waals surface area contributed by atoms with Crippen molar-refractivity contribution in [2.45, 2.75) is 25.2 Å². The Morgan fingerprint density at radius 1 is 1.32 bits per heavy atom. The molecule has 3 rings (SSSR count). The van der Waals surface area contributed by atoms with Gasteiger partial charge in [0.15, 0.2) is 0 Å². The summed E-state index contributed by atoms with van der Waals surface area (Å²) in [6, 6.07) is 5.68. The molecule has 132 valence electrons. The average molecular weight is 369 g/mol. The van der Waals surface area contributed by atoms with Crippen LogP contribution in [0.1, 0.15) is 22.3 Å². The number of carbonyl (C=O) groups is 1. The van der Waals surface area contributed by atoms with Crippen molar-refractivity contribution >= 4 is 17.7 Å². The molecule has 0 aliphatic carbocycles. The van der Waals surface area contributed by atoms with E-state index in [2.05, 4.69) is 14.7 Å². The molecule has 2 heterocycles. The van der Waals surface area contributed by atoms with Crippen molar-refractivity contribution in [3.05, 3.63) is 53.6 Å². The van der Waals surface area contributed by atoms with Crippen molar-refractivity contribution < 1.29 is 22.7 Å². The van der Waals surface area contributed by atoms with Crippen molar-refractivity contribution in [2.75, 3.05) is 5.75 Å². The molecule has 0 N–H and O–H groups in total. The van der Waals surface area contributed by atoms with Crippen LogP contribution in [-0.2, 0) is 11.3 Å². The lowest BCUT2D eigenvalue weighted by molar-refractivity contribution is -0.274. The minimum absolute atomic E-state index is 0.0977. The van der Waals surface area contributed by atoms with Crippen LogP contribution in [0.3, 0.4) is 0 Å². The Labute approximate surface area is 146 Å². The second-order valence-corrected chi connectivity index (χ2v) is 6.52. The Morgan fingerprint density at radius 3 is 2.80 bits per heavy atom. The molecule has 1 amide bonds. The third-order valence-electron chi connectivity index (χ3n) is 3.51. The molecule has 0 bridgehead atoms. The predicted molar refractivity (Wildman–Crippen MR) is 85.6 cm³/mol. The molecule has 2 aromatic rings. The molecule has 0 radical (unpaired) electrons. The number of thioether (sulfide) groups is 1.